The third kappa shape index (κ3) is 3.89. The van der Waals surface area contributed by atoms with E-state index in [9.17, 15) is 4.79 Å². The Labute approximate surface area is 102 Å². The van der Waals surface area contributed by atoms with Crippen molar-refractivity contribution in [2.24, 2.45) is 5.73 Å². The minimum absolute atomic E-state index is 0.357. The van der Waals surface area contributed by atoms with Gasteiger partial charge in [-0.25, -0.2) is 4.79 Å². The number of benzene rings is 1. The molecule has 0 unspecified atom stereocenters. The minimum Gasteiger partial charge on any atom is -0.466 e. The van der Waals surface area contributed by atoms with Crippen LogP contribution in [0.5, 0.6) is 0 Å². The molecule has 90 valence electrons. The van der Waals surface area contributed by atoms with Crippen LogP contribution in [0, 0.1) is 0 Å². The van der Waals surface area contributed by atoms with E-state index >= 15 is 0 Å². The summed E-state index contributed by atoms with van der Waals surface area (Å²) in [5, 5.41) is 0. The standard InChI is InChI=1S/C14H17NO2/c1-11(6-5-9-14(16)17-2)13-8-4-3-7-12(13)10-15/h3-5,7-9H,1,6,10,15H2,2H3. The van der Waals surface area contributed by atoms with Crippen molar-refractivity contribution < 1.29 is 9.53 Å². The number of methoxy groups -OCH3 is 1. The lowest BCUT2D eigenvalue weighted by Crippen LogP contribution is -2.00. The lowest BCUT2D eigenvalue weighted by atomic mass is 9.98. The number of allylic oxidation sites excluding steroid dienone is 2. The first kappa shape index (κ1) is 13.2. The first-order valence-corrected chi connectivity index (χ1v) is 5.39. The molecule has 0 aliphatic carbocycles. The first-order chi connectivity index (χ1) is 8.19. The van der Waals surface area contributed by atoms with Crippen molar-refractivity contribution in [2.75, 3.05) is 7.11 Å². The zero-order valence-electron chi connectivity index (χ0n) is 9.98. The van der Waals surface area contributed by atoms with E-state index in [0.717, 1.165) is 16.7 Å². The van der Waals surface area contributed by atoms with E-state index in [-0.39, 0.29) is 5.97 Å². The van der Waals surface area contributed by atoms with E-state index in [1.54, 1.807) is 6.08 Å². The number of ether oxygens (including phenoxy) is 1. The molecule has 0 amide bonds. The van der Waals surface area contributed by atoms with Crippen molar-refractivity contribution in [2.45, 2.75) is 13.0 Å². The molecule has 0 bridgehead atoms. The number of hydrogen-bond donors (Lipinski definition) is 1. The van der Waals surface area contributed by atoms with Crippen molar-refractivity contribution in [1.82, 2.24) is 0 Å². The number of esters is 1. The van der Waals surface area contributed by atoms with Gasteiger partial charge >= 0.3 is 5.97 Å². The van der Waals surface area contributed by atoms with E-state index in [0.29, 0.717) is 13.0 Å². The number of rotatable bonds is 5. The van der Waals surface area contributed by atoms with E-state index < -0.39 is 0 Å². The van der Waals surface area contributed by atoms with E-state index in [4.69, 9.17) is 5.73 Å². The average Bonchev–Trinajstić information content (AvgIpc) is 2.38. The second-order valence-corrected chi connectivity index (χ2v) is 3.59. The van der Waals surface area contributed by atoms with Crippen LogP contribution < -0.4 is 5.73 Å². The Hall–Kier alpha value is -1.87. The predicted molar refractivity (Wildman–Crippen MR) is 69.1 cm³/mol. The lowest BCUT2D eigenvalue weighted by molar-refractivity contribution is -0.134. The van der Waals surface area contributed by atoms with Gasteiger partial charge in [-0.05, 0) is 23.1 Å². The van der Waals surface area contributed by atoms with Gasteiger partial charge in [-0.2, -0.15) is 0 Å². The zero-order valence-corrected chi connectivity index (χ0v) is 9.98. The summed E-state index contributed by atoms with van der Waals surface area (Å²) in [5.41, 5.74) is 8.69. The molecule has 0 saturated carbocycles. The molecule has 3 nitrogen and oxygen atoms in total. The second-order valence-electron chi connectivity index (χ2n) is 3.59. The molecule has 2 N–H and O–H groups in total. The predicted octanol–water partition coefficient (Wildman–Crippen LogP) is 2.28. The summed E-state index contributed by atoms with van der Waals surface area (Å²) in [6.07, 6.45) is 3.74. The number of nitrogens with two attached hydrogens (primary N) is 1. The van der Waals surface area contributed by atoms with Gasteiger partial charge < -0.3 is 10.5 Å². The van der Waals surface area contributed by atoms with Gasteiger partial charge in [0.1, 0.15) is 0 Å². The first-order valence-electron chi connectivity index (χ1n) is 5.39. The summed E-state index contributed by atoms with van der Waals surface area (Å²) < 4.78 is 4.51. The fraction of sp³-hybridized carbons (Fsp3) is 0.214. The summed E-state index contributed by atoms with van der Waals surface area (Å²) in [5.74, 6) is -0.357. The highest BCUT2D eigenvalue weighted by molar-refractivity contribution is 5.82. The van der Waals surface area contributed by atoms with Crippen LogP contribution in [0.4, 0.5) is 0 Å². The molecule has 0 fully saturated rings. The largest absolute Gasteiger partial charge is 0.466 e. The maximum absolute atomic E-state index is 10.9. The Bertz CT molecular complexity index is 436. The molecule has 0 spiro atoms. The maximum atomic E-state index is 10.9. The van der Waals surface area contributed by atoms with Gasteiger partial charge in [0.25, 0.3) is 0 Å². The molecule has 1 rings (SSSR count). The highest BCUT2D eigenvalue weighted by atomic mass is 16.5. The molecule has 0 aliphatic rings. The molecule has 0 heterocycles. The monoisotopic (exact) mass is 231 g/mol. The Morgan fingerprint density at radius 2 is 2.18 bits per heavy atom. The van der Waals surface area contributed by atoms with Gasteiger partial charge in [0.15, 0.2) is 0 Å². The molecule has 1 aromatic rings. The molecule has 0 aromatic heterocycles. The summed E-state index contributed by atoms with van der Waals surface area (Å²) in [4.78, 5) is 10.9. The van der Waals surface area contributed by atoms with E-state index in [1.165, 1.54) is 13.2 Å². The van der Waals surface area contributed by atoms with Gasteiger partial charge in [0, 0.05) is 12.6 Å². The molecule has 17 heavy (non-hydrogen) atoms. The van der Waals surface area contributed by atoms with Gasteiger partial charge in [-0.15, -0.1) is 0 Å². The maximum Gasteiger partial charge on any atom is 0.330 e. The van der Waals surface area contributed by atoms with E-state index in [2.05, 4.69) is 11.3 Å². The summed E-state index contributed by atoms with van der Waals surface area (Å²) in [7, 11) is 1.35. The highest BCUT2D eigenvalue weighted by Gasteiger charge is 2.02. The van der Waals surface area contributed by atoms with Crippen LogP contribution >= 0.6 is 0 Å². The fourth-order valence-corrected chi connectivity index (χ4v) is 1.52. The van der Waals surface area contributed by atoms with Crippen LogP contribution in [-0.2, 0) is 16.1 Å². The number of carbonyl (C=O) groups excluding carboxylic acids is 1. The quantitative estimate of drug-likeness (QED) is 0.624. The van der Waals surface area contributed by atoms with Crippen molar-refractivity contribution in [1.29, 1.82) is 0 Å². The SMILES string of the molecule is C=C(CC=CC(=O)OC)c1ccccc1CN. The molecule has 0 radical (unpaired) electrons. The van der Waals surface area contributed by atoms with Gasteiger partial charge in [0.05, 0.1) is 7.11 Å². The lowest BCUT2D eigenvalue weighted by Gasteiger charge is -2.08. The third-order valence-corrected chi connectivity index (χ3v) is 2.44. The molecule has 3 heteroatoms. The summed E-state index contributed by atoms with van der Waals surface area (Å²) in [6.45, 7) is 4.48. The molecular formula is C14H17NO2. The van der Waals surface area contributed by atoms with Gasteiger partial charge in [0.2, 0.25) is 0 Å². The highest BCUT2D eigenvalue weighted by Crippen LogP contribution is 2.20. The molecular weight excluding hydrogens is 214 g/mol. The summed E-state index contributed by atoms with van der Waals surface area (Å²) in [6, 6.07) is 7.86. The Morgan fingerprint density at radius 3 is 2.82 bits per heavy atom. The van der Waals surface area contributed by atoms with Crippen LogP contribution in [-0.4, -0.2) is 13.1 Å². The molecule has 0 saturated heterocycles. The smallest absolute Gasteiger partial charge is 0.330 e. The normalized spacial score (nSPS) is 10.5. The van der Waals surface area contributed by atoms with Crippen molar-refractivity contribution >= 4 is 11.5 Å². The Balaban J connectivity index is 2.70. The number of hydrogen-bond acceptors (Lipinski definition) is 3. The molecule has 0 atom stereocenters. The minimum atomic E-state index is -0.357. The van der Waals surface area contributed by atoms with Crippen molar-refractivity contribution in [3.63, 3.8) is 0 Å². The Kier molecular flexibility index (Phi) is 5.17. The fourth-order valence-electron chi connectivity index (χ4n) is 1.52. The van der Waals surface area contributed by atoms with Crippen LogP contribution in [0.1, 0.15) is 17.5 Å². The molecule has 0 aliphatic heterocycles. The number of carbonyl (C=O) groups is 1. The topological polar surface area (TPSA) is 52.3 Å². The van der Waals surface area contributed by atoms with E-state index in [1.807, 2.05) is 24.3 Å². The second kappa shape index (κ2) is 6.66. The average molecular weight is 231 g/mol. The van der Waals surface area contributed by atoms with Crippen molar-refractivity contribution in [3.05, 3.63) is 54.1 Å². The zero-order chi connectivity index (χ0) is 12.7. The molecule has 1 aromatic carbocycles. The van der Waals surface area contributed by atoms with Gasteiger partial charge in [-0.1, -0.05) is 36.9 Å². The van der Waals surface area contributed by atoms with Crippen molar-refractivity contribution in [3.8, 4) is 0 Å². The van der Waals surface area contributed by atoms with Crippen LogP contribution in [0.2, 0.25) is 0 Å². The van der Waals surface area contributed by atoms with Crippen LogP contribution in [0.15, 0.2) is 43.0 Å². The third-order valence-electron chi connectivity index (χ3n) is 2.44. The Morgan fingerprint density at radius 1 is 1.47 bits per heavy atom. The van der Waals surface area contributed by atoms with Crippen LogP contribution in [0.25, 0.3) is 5.57 Å². The summed E-state index contributed by atoms with van der Waals surface area (Å²) >= 11 is 0. The van der Waals surface area contributed by atoms with Gasteiger partial charge in [-0.3, -0.25) is 0 Å². The van der Waals surface area contributed by atoms with Crippen LogP contribution in [0.3, 0.4) is 0 Å².